The molecule has 2 aromatic heterocycles. The van der Waals surface area contributed by atoms with E-state index in [1.54, 1.807) is 24.5 Å². The summed E-state index contributed by atoms with van der Waals surface area (Å²) in [5.74, 6) is 0.00945. The van der Waals surface area contributed by atoms with Gasteiger partial charge in [0.05, 0.1) is 0 Å². The number of carbonyl (C=O) groups is 2. The molecule has 3 aromatic rings. The summed E-state index contributed by atoms with van der Waals surface area (Å²) in [6.07, 6.45) is 7.49. The topological polar surface area (TPSA) is 92.4 Å². The molecule has 6 nitrogen and oxygen atoms in total. The molecular weight excluding hydrogens is 356 g/mol. The van der Waals surface area contributed by atoms with Crippen molar-refractivity contribution in [1.29, 1.82) is 0 Å². The number of aromatic nitrogens is 1. The Bertz CT molecular complexity index is 952. The first-order chi connectivity index (χ1) is 13.6. The number of nitrogens with zero attached hydrogens (tertiary/aromatic N) is 1. The van der Waals surface area contributed by atoms with Crippen molar-refractivity contribution < 1.29 is 19.1 Å². The Balaban J connectivity index is 1.37. The highest BCUT2D eigenvalue weighted by molar-refractivity contribution is 6.04. The summed E-state index contributed by atoms with van der Waals surface area (Å²) in [6, 6.07) is 11.3. The number of carboxylic acid groups (broad SMARTS) is 1. The number of amides is 1. The highest BCUT2D eigenvalue weighted by Crippen LogP contribution is 2.37. The molecule has 1 saturated carbocycles. The maximum absolute atomic E-state index is 12.4. The molecule has 0 aliphatic heterocycles. The van der Waals surface area contributed by atoms with Gasteiger partial charge in [0.1, 0.15) is 5.58 Å². The van der Waals surface area contributed by atoms with Crippen molar-refractivity contribution in [1.82, 2.24) is 4.98 Å². The van der Waals surface area contributed by atoms with Crippen LogP contribution in [0.5, 0.6) is 0 Å². The SMILES string of the molecule is O=C(O)C[C@H]1CC[C@H](c2ccc(NC(=O)c3cc4cnccc4o3)cc2)CC1. The second kappa shape index (κ2) is 7.84. The van der Waals surface area contributed by atoms with Crippen LogP contribution >= 0.6 is 0 Å². The number of benzene rings is 1. The molecule has 0 spiro atoms. The van der Waals surface area contributed by atoms with E-state index in [2.05, 4.69) is 10.3 Å². The number of fused-ring (bicyclic) bond motifs is 1. The number of carbonyl (C=O) groups excluding carboxylic acids is 1. The molecule has 1 aliphatic carbocycles. The first-order valence-electron chi connectivity index (χ1n) is 9.55. The third-order valence-corrected chi connectivity index (χ3v) is 5.49. The molecule has 0 unspecified atom stereocenters. The van der Waals surface area contributed by atoms with Gasteiger partial charge >= 0.3 is 5.97 Å². The summed E-state index contributed by atoms with van der Waals surface area (Å²) < 4.78 is 5.56. The van der Waals surface area contributed by atoms with Crippen LogP contribution in [-0.2, 0) is 4.79 Å². The lowest BCUT2D eigenvalue weighted by molar-refractivity contribution is -0.138. The van der Waals surface area contributed by atoms with E-state index in [1.807, 2.05) is 24.3 Å². The fourth-order valence-electron chi connectivity index (χ4n) is 3.97. The van der Waals surface area contributed by atoms with Crippen LogP contribution in [0.4, 0.5) is 5.69 Å². The summed E-state index contributed by atoms with van der Waals surface area (Å²) in [5.41, 5.74) is 2.59. The molecule has 4 rings (SSSR count). The zero-order valence-electron chi connectivity index (χ0n) is 15.4. The monoisotopic (exact) mass is 378 g/mol. The average Bonchev–Trinajstić information content (AvgIpc) is 3.13. The Morgan fingerprint density at radius 1 is 1.11 bits per heavy atom. The minimum absolute atomic E-state index is 0.254. The van der Waals surface area contributed by atoms with Gasteiger partial charge in [0, 0.05) is 29.9 Å². The fourth-order valence-corrected chi connectivity index (χ4v) is 3.97. The van der Waals surface area contributed by atoms with Crippen molar-refractivity contribution >= 4 is 28.5 Å². The lowest BCUT2D eigenvalue weighted by Gasteiger charge is -2.28. The summed E-state index contributed by atoms with van der Waals surface area (Å²) in [7, 11) is 0. The number of furan rings is 1. The highest BCUT2D eigenvalue weighted by atomic mass is 16.4. The Kier molecular flexibility index (Phi) is 5.10. The molecule has 2 heterocycles. The Labute approximate surface area is 162 Å². The van der Waals surface area contributed by atoms with Crippen molar-refractivity contribution in [2.75, 3.05) is 5.32 Å². The number of hydrogen-bond acceptors (Lipinski definition) is 4. The predicted molar refractivity (Wildman–Crippen MR) is 105 cm³/mol. The fraction of sp³-hybridized carbons (Fsp3) is 0.318. The number of pyridine rings is 1. The molecular formula is C22H22N2O4. The number of anilines is 1. The Morgan fingerprint density at radius 3 is 2.54 bits per heavy atom. The van der Waals surface area contributed by atoms with E-state index in [9.17, 15) is 9.59 Å². The molecule has 1 fully saturated rings. The van der Waals surface area contributed by atoms with Crippen molar-refractivity contribution in [3.63, 3.8) is 0 Å². The summed E-state index contributed by atoms with van der Waals surface area (Å²) in [6.45, 7) is 0. The zero-order valence-corrected chi connectivity index (χ0v) is 15.4. The van der Waals surface area contributed by atoms with Crippen LogP contribution < -0.4 is 5.32 Å². The largest absolute Gasteiger partial charge is 0.481 e. The van der Waals surface area contributed by atoms with E-state index in [4.69, 9.17) is 9.52 Å². The van der Waals surface area contributed by atoms with Crippen LogP contribution in [0.1, 0.15) is 54.1 Å². The van der Waals surface area contributed by atoms with Crippen LogP contribution in [0, 0.1) is 5.92 Å². The van der Waals surface area contributed by atoms with Crippen molar-refractivity contribution in [2.24, 2.45) is 5.92 Å². The van der Waals surface area contributed by atoms with E-state index in [1.165, 1.54) is 5.56 Å². The van der Waals surface area contributed by atoms with E-state index in [0.717, 1.165) is 31.1 Å². The molecule has 6 heteroatoms. The van der Waals surface area contributed by atoms with Gasteiger partial charge in [0.15, 0.2) is 5.76 Å². The molecule has 0 radical (unpaired) electrons. The van der Waals surface area contributed by atoms with Crippen LogP contribution in [0.2, 0.25) is 0 Å². The van der Waals surface area contributed by atoms with Gasteiger partial charge in [-0.05, 0) is 67.3 Å². The van der Waals surface area contributed by atoms with Gasteiger partial charge in [0.25, 0.3) is 5.91 Å². The molecule has 28 heavy (non-hydrogen) atoms. The molecule has 0 atom stereocenters. The molecule has 0 bridgehead atoms. The lowest BCUT2D eigenvalue weighted by atomic mass is 9.77. The summed E-state index contributed by atoms with van der Waals surface area (Å²) in [4.78, 5) is 27.3. The van der Waals surface area contributed by atoms with E-state index < -0.39 is 5.97 Å². The molecule has 1 amide bonds. The Hall–Kier alpha value is -3.15. The van der Waals surface area contributed by atoms with Crippen LogP contribution in [0.3, 0.4) is 0 Å². The average molecular weight is 378 g/mol. The predicted octanol–water partition coefficient (Wildman–Crippen LogP) is 4.83. The summed E-state index contributed by atoms with van der Waals surface area (Å²) in [5, 5.41) is 12.6. The van der Waals surface area contributed by atoms with E-state index in [0.29, 0.717) is 23.1 Å². The van der Waals surface area contributed by atoms with Gasteiger partial charge in [-0.2, -0.15) is 0 Å². The molecule has 1 aromatic carbocycles. The third-order valence-electron chi connectivity index (χ3n) is 5.49. The van der Waals surface area contributed by atoms with Crippen LogP contribution in [-0.4, -0.2) is 22.0 Å². The van der Waals surface area contributed by atoms with Crippen LogP contribution in [0.25, 0.3) is 11.0 Å². The number of aliphatic carboxylic acids is 1. The van der Waals surface area contributed by atoms with Gasteiger partial charge in [-0.3, -0.25) is 14.6 Å². The highest BCUT2D eigenvalue weighted by Gasteiger charge is 2.24. The minimum Gasteiger partial charge on any atom is -0.481 e. The van der Waals surface area contributed by atoms with Gasteiger partial charge in [-0.1, -0.05) is 12.1 Å². The van der Waals surface area contributed by atoms with Gasteiger partial charge in [0.2, 0.25) is 0 Å². The maximum atomic E-state index is 12.4. The maximum Gasteiger partial charge on any atom is 0.303 e. The molecule has 0 saturated heterocycles. The molecule has 2 N–H and O–H groups in total. The van der Waals surface area contributed by atoms with E-state index in [-0.39, 0.29) is 18.1 Å². The first-order valence-corrected chi connectivity index (χ1v) is 9.55. The lowest BCUT2D eigenvalue weighted by Crippen LogP contribution is -2.16. The zero-order chi connectivity index (χ0) is 19.5. The standard InChI is InChI=1S/C22H22N2O4/c25-21(26)11-14-1-3-15(4-2-14)16-5-7-18(8-6-16)24-22(27)20-12-17-13-23-10-9-19(17)28-20/h5-10,12-15H,1-4,11H2,(H,24,27)(H,25,26)/t14-,15-. The second-order valence-corrected chi connectivity index (χ2v) is 7.42. The number of carboxylic acids is 1. The molecule has 1 aliphatic rings. The van der Waals surface area contributed by atoms with E-state index >= 15 is 0 Å². The summed E-state index contributed by atoms with van der Waals surface area (Å²) >= 11 is 0. The number of hydrogen-bond donors (Lipinski definition) is 2. The normalized spacial score (nSPS) is 19.4. The third kappa shape index (κ3) is 4.06. The second-order valence-electron chi connectivity index (χ2n) is 7.42. The minimum atomic E-state index is -0.704. The number of nitrogens with one attached hydrogen (secondary N) is 1. The Morgan fingerprint density at radius 2 is 1.86 bits per heavy atom. The van der Waals surface area contributed by atoms with Gasteiger partial charge < -0.3 is 14.8 Å². The smallest absolute Gasteiger partial charge is 0.303 e. The van der Waals surface area contributed by atoms with Crippen molar-refractivity contribution in [3.8, 4) is 0 Å². The number of rotatable bonds is 5. The van der Waals surface area contributed by atoms with Crippen molar-refractivity contribution in [3.05, 3.63) is 60.1 Å². The van der Waals surface area contributed by atoms with Crippen LogP contribution in [0.15, 0.2) is 53.2 Å². The first kappa shape index (κ1) is 18.2. The molecule has 144 valence electrons. The van der Waals surface area contributed by atoms with Gasteiger partial charge in [-0.15, -0.1) is 0 Å². The van der Waals surface area contributed by atoms with Crippen molar-refractivity contribution in [2.45, 2.75) is 38.0 Å². The quantitative estimate of drug-likeness (QED) is 0.663. The van der Waals surface area contributed by atoms with Gasteiger partial charge in [-0.25, -0.2) is 0 Å².